The molecule has 0 unspecified atom stereocenters. The third-order valence-corrected chi connectivity index (χ3v) is 4.14. The van der Waals surface area contributed by atoms with Crippen LogP contribution in [-0.4, -0.2) is 19.5 Å². The van der Waals surface area contributed by atoms with E-state index < -0.39 is 0 Å². The Kier molecular flexibility index (Phi) is 2.48. The predicted octanol–water partition coefficient (Wildman–Crippen LogP) is 3.54. The van der Waals surface area contributed by atoms with E-state index in [4.69, 9.17) is 0 Å². The molecular formula is C14H8N4O2S. The van der Waals surface area contributed by atoms with Gasteiger partial charge in [0.2, 0.25) is 0 Å². The maximum Gasteiger partial charge on any atom is 0.320 e. The van der Waals surface area contributed by atoms with Gasteiger partial charge in [-0.1, -0.05) is 12.1 Å². The molecule has 6 nitrogen and oxygen atoms in total. The molecule has 0 saturated carbocycles. The first-order valence-electron chi connectivity index (χ1n) is 6.19. The summed E-state index contributed by atoms with van der Waals surface area (Å²) in [5.41, 5.74) is 4.15. The fourth-order valence-electron chi connectivity index (χ4n) is 2.43. The van der Waals surface area contributed by atoms with Gasteiger partial charge in [-0.15, -0.1) is 11.3 Å². The Morgan fingerprint density at radius 2 is 2.00 bits per heavy atom. The third-order valence-electron chi connectivity index (χ3n) is 3.35. The molecule has 0 spiro atoms. The zero-order valence-corrected chi connectivity index (χ0v) is 11.4. The molecule has 0 aliphatic rings. The number of rotatable bonds is 2. The zero-order chi connectivity index (χ0) is 14.4. The second kappa shape index (κ2) is 4.35. The summed E-state index contributed by atoms with van der Waals surface area (Å²) in [6.45, 7) is 0. The fourth-order valence-corrected chi connectivity index (χ4v) is 3.11. The molecule has 7 heteroatoms. The van der Waals surface area contributed by atoms with Crippen LogP contribution in [0.25, 0.3) is 26.9 Å². The Balaban J connectivity index is 2.10. The Hall–Kier alpha value is -2.80. The molecule has 0 saturated heterocycles. The van der Waals surface area contributed by atoms with Gasteiger partial charge in [-0.2, -0.15) is 0 Å². The largest absolute Gasteiger partial charge is 0.320 e. The minimum Gasteiger partial charge on any atom is -0.293 e. The molecule has 0 aliphatic carbocycles. The summed E-state index contributed by atoms with van der Waals surface area (Å²) in [4.78, 5) is 19.5. The molecule has 4 rings (SSSR count). The average molecular weight is 296 g/mol. The number of para-hydroxylation sites is 2. The lowest BCUT2D eigenvalue weighted by atomic mass is 10.2. The van der Waals surface area contributed by atoms with E-state index in [1.54, 1.807) is 22.5 Å². The van der Waals surface area contributed by atoms with Crippen molar-refractivity contribution in [2.45, 2.75) is 0 Å². The number of benzene rings is 2. The van der Waals surface area contributed by atoms with Gasteiger partial charge in [-0.3, -0.25) is 14.7 Å². The minimum atomic E-state index is -0.383. The van der Waals surface area contributed by atoms with Crippen LogP contribution in [0.15, 0.2) is 48.2 Å². The van der Waals surface area contributed by atoms with Gasteiger partial charge in [0.15, 0.2) is 5.52 Å². The molecule has 0 aliphatic heterocycles. The standard InChI is InChI=1S/C14H8N4O2S/c19-18(20)14-11(5-6-12-13(14)16-8-21-12)17-7-15-9-3-1-2-4-10(9)17/h1-8H. The van der Waals surface area contributed by atoms with Crippen molar-refractivity contribution in [3.63, 3.8) is 0 Å². The van der Waals surface area contributed by atoms with Gasteiger partial charge in [-0.25, -0.2) is 9.97 Å². The number of hydrogen-bond donors (Lipinski definition) is 0. The van der Waals surface area contributed by atoms with E-state index in [0.717, 1.165) is 15.7 Å². The first-order valence-corrected chi connectivity index (χ1v) is 7.07. The lowest BCUT2D eigenvalue weighted by Gasteiger charge is -2.05. The Bertz CT molecular complexity index is 989. The van der Waals surface area contributed by atoms with E-state index in [1.165, 1.54) is 11.3 Å². The Labute approximate surface area is 122 Å². The Morgan fingerprint density at radius 1 is 1.14 bits per heavy atom. The second-order valence-corrected chi connectivity index (χ2v) is 5.38. The van der Waals surface area contributed by atoms with Crippen molar-refractivity contribution in [1.82, 2.24) is 14.5 Å². The highest BCUT2D eigenvalue weighted by molar-refractivity contribution is 7.16. The summed E-state index contributed by atoms with van der Waals surface area (Å²) in [5, 5.41) is 11.5. The monoisotopic (exact) mass is 296 g/mol. The minimum absolute atomic E-state index is 0.0110. The molecule has 0 N–H and O–H groups in total. The quantitative estimate of drug-likeness (QED) is 0.419. The molecule has 2 heterocycles. The number of nitro benzene ring substituents is 1. The van der Waals surface area contributed by atoms with E-state index in [1.807, 2.05) is 30.3 Å². The van der Waals surface area contributed by atoms with E-state index in [2.05, 4.69) is 9.97 Å². The van der Waals surface area contributed by atoms with Crippen LogP contribution in [0.1, 0.15) is 0 Å². The smallest absolute Gasteiger partial charge is 0.293 e. The van der Waals surface area contributed by atoms with Crippen LogP contribution in [0.5, 0.6) is 0 Å². The van der Waals surface area contributed by atoms with Gasteiger partial charge in [0, 0.05) is 0 Å². The highest BCUT2D eigenvalue weighted by Gasteiger charge is 2.22. The Morgan fingerprint density at radius 3 is 2.86 bits per heavy atom. The number of imidazole rings is 1. The molecule has 0 amide bonds. The van der Waals surface area contributed by atoms with Crippen LogP contribution >= 0.6 is 11.3 Å². The van der Waals surface area contributed by atoms with Crippen LogP contribution in [0.2, 0.25) is 0 Å². The number of aromatic nitrogens is 3. The number of hydrogen-bond acceptors (Lipinski definition) is 5. The highest BCUT2D eigenvalue weighted by Crippen LogP contribution is 2.34. The van der Waals surface area contributed by atoms with Gasteiger partial charge in [0.1, 0.15) is 12.0 Å². The summed E-state index contributed by atoms with van der Waals surface area (Å²) in [5.74, 6) is 0. The van der Waals surface area contributed by atoms with E-state index in [0.29, 0.717) is 11.2 Å². The zero-order valence-electron chi connectivity index (χ0n) is 10.6. The SMILES string of the molecule is O=[N+]([O-])c1c(-n2cnc3ccccc32)ccc2scnc12. The summed E-state index contributed by atoms with van der Waals surface area (Å²) in [6, 6.07) is 11.1. The number of nitrogens with zero attached hydrogens (tertiary/aromatic N) is 4. The average Bonchev–Trinajstić information content (AvgIpc) is 3.12. The highest BCUT2D eigenvalue weighted by atomic mass is 32.1. The van der Waals surface area contributed by atoms with Crippen molar-refractivity contribution in [3.05, 3.63) is 58.4 Å². The lowest BCUT2D eigenvalue weighted by Crippen LogP contribution is -1.99. The lowest BCUT2D eigenvalue weighted by molar-refractivity contribution is -0.382. The predicted molar refractivity (Wildman–Crippen MR) is 80.9 cm³/mol. The maximum absolute atomic E-state index is 11.5. The number of thiazole rings is 1. The number of fused-ring (bicyclic) bond motifs is 2. The molecule has 102 valence electrons. The molecule has 4 aromatic rings. The van der Waals surface area contributed by atoms with Crippen LogP contribution < -0.4 is 0 Å². The summed E-state index contributed by atoms with van der Waals surface area (Å²) >= 11 is 1.39. The molecular weight excluding hydrogens is 288 g/mol. The van der Waals surface area contributed by atoms with Crippen molar-refractivity contribution in [1.29, 1.82) is 0 Å². The summed E-state index contributed by atoms with van der Waals surface area (Å²) < 4.78 is 2.53. The van der Waals surface area contributed by atoms with Gasteiger partial charge < -0.3 is 0 Å². The van der Waals surface area contributed by atoms with E-state index >= 15 is 0 Å². The van der Waals surface area contributed by atoms with Crippen molar-refractivity contribution in [2.75, 3.05) is 0 Å². The topological polar surface area (TPSA) is 73.8 Å². The van der Waals surface area contributed by atoms with Gasteiger partial charge >= 0.3 is 5.69 Å². The van der Waals surface area contributed by atoms with Crippen molar-refractivity contribution in [3.8, 4) is 5.69 Å². The van der Waals surface area contributed by atoms with Gasteiger partial charge in [0.05, 0.1) is 26.2 Å². The van der Waals surface area contributed by atoms with Gasteiger partial charge in [0.25, 0.3) is 0 Å². The summed E-state index contributed by atoms with van der Waals surface area (Å²) in [7, 11) is 0. The summed E-state index contributed by atoms with van der Waals surface area (Å²) in [6.07, 6.45) is 1.60. The van der Waals surface area contributed by atoms with E-state index in [-0.39, 0.29) is 10.6 Å². The maximum atomic E-state index is 11.5. The molecule has 0 radical (unpaired) electrons. The molecule has 21 heavy (non-hydrogen) atoms. The molecule has 0 fully saturated rings. The first kappa shape index (κ1) is 12.0. The van der Waals surface area contributed by atoms with Crippen molar-refractivity contribution >= 4 is 38.3 Å². The van der Waals surface area contributed by atoms with E-state index in [9.17, 15) is 10.1 Å². The van der Waals surface area contributed by atoms with Crippen LogP contribution in [0, 0.1) is 10.1 Å². The number of nitro groups is 1. The van der Waals surface area contributed by atoms with Crippen LogP contribution in [0.4, 0.5) is 5.69 Å². The van der Waals surface area contributed by atoms with Crippen molar-refractivity contribution in [2.24, 2.45) is 0 Å². The van der Waals surface area contributed by atoms with Crippen LogP contribution in [0.3, 0.4) is 0 Å². The fraction of sp³-hybridized carbons (Fsp3) is 0. The van der Waals surface area contributed by atoms with Crippen molar-refractivity contribution < 1.29 is 4.92 Å². The molecule has 2 aromatic carbocycles. The second-order valence-electron chi connectivity index (χ2n) is 4.49. The molecule has 0 bridgehead atoms. The van der Waals surface area contributed by atoms with Crippen LogP contribution in [-0.2, 0) is 0 Å². The normalized spacial score (nSPS) is 11.2. The molecule has 0 atom stereocenters. The first-order chi connectivity index (χ1) is 10.3. The third kappa shape index (κ3) is 1.71. The van der Waals surface area contributed by atoms with Gasteiger partial charge in [-0.05, 0) is 24.3 Å². The molecule has 2 aromatic heterocycles.